The van der Waals surface area contributed by atoms with E-state index in [4.69, 9.17) is 0 Å². The standard InChI is InChI=1S/C15H20F2N2.C14H15F3N2/c16-12-8-13(17)10-14(9-12)19-6-1-2-15(4-7-19)3-5-18-11-15;1-9-6-11-10-4-2-3-5-12(10)18-13(11)7-19(9)8-14(15,16)17/h8-10,18H,1-7,11H2;2-5,9,18H,6-8H2,1H3. The Labute approximate surface area is 220 Å². The molecule has 9 heteroatoms. The molecule has 6 rings (SSSR count). The zero-order chi connectivity index (χ0) is 26.9. The summed E-state index contributed by atoms with van der Waals surface area (Å²) >= 11 is 0. The lowest BCUT2D eigenvalue weighted by Crippen LogP contribution is -2.43. The topological polar surface area (TPSA) is 34.3 Å². The minimum Gasteiger partial charge on any atom is -0.371 e. The molecule has 2 N–H and O–H groups in total. The highest BCUT2D eigenvalue weighted by atomic mass is 19.4. The molecule has 0 radical (unpaired) electrons. The fourth-order valence-corrected chi connectivity index (χ4v) is 6.31. The molecule has 3 aliphatic rings. The molecular formula is C29H35F5N4. The van der Waals surface area contributed by atoms with Crippen molar-refractivity contribution < 1.29 is 22.0 Å². The highest BCUT2D eigenvalue weighted by molar-refractivity contribution is 5.84. The number of anilines is 1. The Hall–Kier alpha value is -2.65. The van der Waals surface area contributed by atoms with E-state index in [0.717, 1.165) is 61.7 Å². The van der Waals surface area contributed by atoms with Crippen molar-refractivity contribution in [2.24, 2.45) is 5.41 Å². The SMILES string of the molecule is CC1Cc2c([nH]c3ccccc23)CN1CC(F)(F)F.Fc1cc(F)cc(N2CCCC3(CCNC3)CC2)c1. The van der Waals surface area contributed by atoms with Crippen LogP contribution in [0.1, 0.15) is 43.9 Å². The Morgan fingerprint density at radius 3 is 2.47 bits per heavy atom. The first-order valence-corrected chi connectivity index (χ1v) is 13.4. The zero-order valence-electron chi connectivity index (χ0n) is 21.7. The number of aromatic amines is 1. The van der Waals surface area contributed by atoms with Gasteiger partial charge in [0, 0.05) is 60.6 Å². The van der Waals surface area contributed by atoms with Gasteiger partial charge < -0.3 is 15.2 Å². The first-order valence-electron chi connectivity index (χ1n) is 13.4. The normalized spacial score (nSPS) is 24.3. The molecule has 0 amide bonds. The monoisotopic (exact) mass is 534 g/mol. The summed E-state index contributed by atoms with van der Waals surface area (Å²) < 4.78 is 64.2. The van der Waals surface area contributed by atoms with E-state index in [9.17, 15) is 22.0 Å². The second kappa shape index (κ2) is 10.8. The minimum absolute atomic E-state index is 0.0895. The smallest absolute Gasteiger partial charge is 0.371 e. The van der Waals surface area contributed by atoms with E-state index in [-0.39, 0.29) is 6.04 Å². The third-order valence-corrected chi connectivity index (χ3v) is 8.36. The summed E-state index contributed by atoms with van der Waals surface area (Å²) in [5.41, 5.74) is 4.19. The number of benzene rings is 2. The maximum Gasteiger partial charge on any atom is 0.401 e. The number of alkyl halides is 3. The molecule has 1 aromatic heterocycles. The fraction of sp³-hybridized carbons (Fsp3) is 0.517. The predicted molar refractivity (Wildman–Crippen MR) is 140 cm³/mol. The first kappa shape index (κ1) is 26.9. The van der Waals surface area contributed by atoms with Gasteiger partial charge in [0.25, 0.3) is 0 Å². The second-order valence-electron chi connectivity index (χ2n) is 11.1. The summed E-state index contributed by atoms with van der Waals surface area (Å²) in [5.74, 6) is -0.979. The van der Waals surface area contributed by atoms with E-state index in [1.165, 1.54) is 35.4 Å². The van der Waals surface area contributed by atoms with Gasteiger partial charge in [-0.15, -0.1) is 0 Å². The number of nitrogens with zero attached hydrogens (tertiary/aromatic N) is 2. The van der Waals surface area contributed by atoms with Crippen LogP contribution in [0.3, 0.4) is 0 Å². The maximum atomic E-state index is 13.3. The van der Waals surface area contributed by atoms with Crippen LogP contribution in [0.25, 0.3) is 10.9 Å². The van der Waals surface area contributed by atoms with E-state index in [1.807, 2.05) is 31.2 Å². The van der Waals surface area contributed by atoms with Crippen molar-refractivity contribution in [2.45, 2.75) is 57.8 Å². The highest BCUT2D eigenvalue weighted by Crippen LogP contribution is 2.38. The van der Waals surface area contributed by atoms with Crippen LogP contribution in [0.2, 0.25) is 0 Å². The van der Waals surface area contributed by atoms with Crippen LogP contribution in [0.15, 0.2) is 42.5 Å². The molecule has 2 fully saturated rings. The van der Waals surface area contributed by atoms with Crippen LogP contribution in [0.4, 0.5) is 27.6 Å². The third-order valence-electron chi connectivity index (χ3n) is 8.36. The van der Waals surface area contributed by atoms with Gasteiger partial charge in [0.05, 0.1) is 6.54 Å². The average Bonchev–Trinajstić information content (AvgIpc) is 3.38. The van der Waals surface area contributed by atoms with Crippen molar-refractivity contribution in [3.05, 3.63) is 65.4 Å². The van der Waals surface area contributed by atoms with Crippen molar-refractivity contribution in [3.63, 3.8) is 0 Å². The quantitative estimate of drug-likeness (QED) is 0.373. The van der Waals surface area contributed by atoms with Gasteiger partial charge in [-0.3, -0.25) is 4.90 Å². The molecule has 4 heterocycles. The number of hydrogen-bond donors (Lipinski definition) is 2. The highest BCUT2D eigenvalue weighted by Gasteiger charge is 2.36. The molecule has 0 bridgehead atoms. The molecule has 2 saturated heterocycles. The number of rotatable bonds is 2. The Balaban J connectivity index is 0.000000155. The van der Waals surface area contributed by atoms with Crippen LogP contribution < -0.4 is 10.2 Å². The second-order valence-corrected chi connectivity index (χ2v) is 11.1. The van der Waals surface area contributed by atoms with Gasteiger partial charge in [-0.05, 0) is 74.8 Å². The molecular weight excluding hydrogens is 499 g/mol. The van der Waals surface area contributed by atoms with Crippen LogP contribution in [-0.2, 0) is 13.0 Å². The third kappa shape index (κ3) is 6.15. The molecule has 2 aromatic carbocycles. The summed E-state index contributed by atoms with van der Waals surface area (Å²) in [5, 5.41) is 4.58. The number of para-hydroxylation sites is 1. The molecule has 2 unspecified atom stereocenters. The van der Waals surface area contributed by atoms with Crippen LogP contribution in [-0.4, -0.2) is 54.8 Å². The molecule has 3 aliphatic heterocycles. The number of halogens is 5. The minimum atomic E-state index is -4.14. The molecule has 3 aromatic rings. The van der Waals surface area contributed by atoms with Crippen molar-refractivity contribution in [3.8, 4) is 0 Å². The molecule has 206 valence electrons. The number of fused-ring (bicyclic) bond motifs is 3. The summed E-state index contributed by atoms with van der Waals surface area (Å²) in [4.78, 5) is 6.85. The average molecular weight is 535 g/mol. The summed E-state index contributed by atoms with van der Waals surface area (Å²) in [6.07, 6.45) is 1.18. The van der Waals surface area contributed by atoms with E-state index in [1.54, 1.807) is 0 Å². The fourth-order valence-electron chi connectivity index (χ4n) is 6.31. The van der Waals surface area contributed by atoms with Gasteiger partial charge in [0.15, 0.2) is 0 Å². The van der Waals surface area contributed by atoms with Gasteiger partial charge in [-0.2, -0.15) is 13.2 Å². The van der Waals surface area contributed by atoms with E-state index < -0.39 is 24.4 Å². The van der Waals surface area contributed by atoms with Crippen molar-refractivity contribution >= 4 is 16.6 Å². The van der Waals surface area contributed by atoms with Crippen LogP contribution in [0, 0.1) is 17.0 Å². The number of H-pyrrole nitrogens is 1. The van der Waals surface area contributed by atoms with Gasteiger partial charge >= 0.3 is 6.18 Å². The van der Waals surface area contributed by atoms with Gasteiger partial charge in [0.1, 0.15) is 11.6 Å². The van der Waals surface area contributed by atoms with Gasteiger partial charge in [0.2, 0.25) is 0 Å². The Kier molecular flexibility index (Phi) is 7.69. The zero-order valence-corrected chi connectivity index (χ0v) is 21.7. The van der Waals surface area contributed by atoms with E-state index in [0.29, 0.717) is 24.1 Å². The molecule has 2 atom stereocenters. The van der Waals surface area contributed by atoms with E-state index >= 15 is 0 Å². The van der Waals surface area contributed by atoms with Crippen LogP contribution in [0.5, 0.6) is 0 Å². The number of nitrogens with one attached hydrogen (secondary N) is 2. The van der Waals surface area contributed by atoms with Crippen molar-refractivity contribution in [1.82, 2.24) is 15.2 Å². The Morgan fingerprint density at radius 1 is 1.00 bits per heavy atom. The predicted octanol–water partition coefficient (Wildman–Crippen LogP) is 6.41. The lowest BCUT2D eigenvalue weighted by Gasteiger charge is -2.33. The number of hydrogen-bond acceptors (Lipinski definition) is 3. The Morgan fingerprint density at radius 2 is 1.76 bits per heavy atom. The lowest BCUT2D eigenvalue weighted by molar-refractivity contribution is -0.152. The Bertz CT molecular complexity index is 1230. The summed E-state index contributed by atoms with van der Waals surface area (Å²) in [6, 6.07) is 11.6. The summed E-state index contributed by atoms with van der Waals surface area (Å²) in [6.45, 7) is 5.34. The van der Waals surface area contributed by atoms with Crippen LogP contribution >= 0.6 is 0 Å². The molecule has 1 spiro atoms. The summed E-state index contributed by atoms with van der Waals surface area (Å²) in [7, 11) is 0. The van der Waals surface area contributed by atoms with Crippen molar-refractivity contribution in [1.29, 1.82) is 0 Å². The first-order chi connectivity index (χ1) is 18.1. The van der Waals surface area contributed by atoms with E-state index in [2.05, 4.69) is 15.2 Å². The molecule has 4 nitrogen and oxygen atoms in total. The lowest BCUT2D eigenvalue weighted by atomic mass is 9.80. The maximum absolute atomic E-state index is 13.3. The largest absolute Gasteiger partial charge is 0.401 e. The van der Waals surface area contributed by atoms with Gasteiger partial charge in [-0.25, -0.2) is 8.78 Å². The molecule has 0 saturated carbocycles. The van der Waals surface area contributed by atoms with Crippen molar-refractivity contribution in [2.75, 3.05) is 37.6 Å². The molecule has 0 aliphatic carbocycles. The molecule has 38 heavy (non-hydrogen) atoms. The number of aromatic nitrogens is 1. The van der Waals surface area contributed by atoms with Gasteiger partial charge in [-0.1, -0.05) is 18.2 Å².